The van der Waals surface area contributed by atoms with Crippen LogP contribution in [-0.2, 0) is 10.8 Å². The second kappa shape index (κ2) is 17.8. The Morgan fingerprint density at radius 3 is 1.63 bits per heavy atom. The summed E-state index contributed by atoms with van der Waals surface area (Å²) < 4.78 is 20.6. The van der Waals surface area contributed by atoms with E-state index in [-0.39, 0.29) is 17.5 Å². The van der Waals surface area contributed by atoms with Crippen LogP contribution in [0.2, 0.25) is 0 Å². The average Bonchev–Trinajstić information content (AvgIpc) is 3.92. The van der Waals surface area contributed by atoms with E-state index < -0.39 is 0 Å². The van der Waals surface area contributed by atoms with Crippen LogP contribution in [0, 0.1) is 0 Å². The number of benzene rings is 10. The molecular weight excluding hydrogens is 950 g/mol. The predicted octanol–water partition coefficient (Wildman–Crippen LogP) is 18.7. The highest BCUT2D eigenvalue weighted by Gasteiger charge is 2.44. The molecular formula is C73H58BNO3. The molecule has 0 amide bonds. The van der Waals surface area contributed by atoms with Gasteiger partial charge >= 0.3 is 0 Å². The zero-order chi connectivity index (χ0) is 53.2. The normalized spacial score (nSPS) is 13.2. The van der Waals surface area contributed by atoms with Crippen molar-refractivity contribution in [3.05, 3.63) is 236 Å². The van der Waals surface area contributed by atoms with Crippen LogP contribution < -0.4 is 26.0 Å². The van der Waals surface area contributed by atoms with Crippen LogP contribution in [0.1, 0.15) is 65.2 Å². The molecule has 0 saturated heterocycles. The van der Waals surface area contributed by atoms with E-state index in [0.717, 1.165) is 133 Å². The zero-order valence-electron chi connectivity index (χ0n) is 45.2. The molecule has 2 aliphatic rings. The number of nitrogens with zero attached hydrogens (tertiary/aromatic N) is 1. The highest BCUT2D eigenvalue weighted by molar-refractivity contribution is 6.99. The number of rotatable bonds is 7. The molecule has 4 heterocycles. The average molecular weight is 1010 g/mol. The van der Waals surface area contributed by atoms with Gasteiger partial charge in [0.2, 0.25) is 0 Å². The maximum atomic E-state index is 7.36. The van der Waals surface area contributed by atoms with E-state index in [9.17, 15) is 0 Å². The number of allylic oxidation sites excluding steroid dienone is 3. The van der Waals surface area contributed by atoms with Crippen molar-refractivity contribution < 1.29 is 13.6 Å². The third kappa shape index (κ3) is 7.66. The fourth-order valence-electron chi connectivity index (χ4n) is 12.3. The van der Waals surface area contributed by atoms with E-state index in [1.54, 1.807) is 0 Å². The minimum atomic E-state index is -0.195. The molecule has 4 nitrogen and oxygen atoms in total. The third-order valence-electron chi connectivity index (χ3n) is 16.4. The predicted molar refractivity (Wildman–Crippen MR) is 330 cm³/mol. The van der Waals surface area contributed by atoms with Crippen LogP contribution in [0.25, 0.3) is 94.0 Å². The first kappa shape index (κ1) is 47.4. The van der Waals surface area contributed by atoms with Gasteiger partial charge in [0.25, 0.3) is 6.71 Å². The molecule has 2 aromatic heterocycles. The molecule has 5 heteroatoms. The van der Waals surface area contributed by atoms with Gasteiger partial charge in [0.05, 0.1) is 5.69 Å². The minimum absolute atomic E-state index is 0.0414. The molecule has 0 N–H and O–H groups in total. The van der Waals surface area contributed by atoms with Gasteiger partial charge in [0.1, 0.15) is 33.8 Å². The first-order valence-electron chi connectivity index (χ1n) is 27.2. The van der Waals surface area contributed by atoms with Gasteiger partial charge in [-0.15, -0.1) is 0 Å². The Balaban J connectivity index is 1.07. The first-order chi connectivity index (χ1) is 37.8. The van der Waals surface area contributed by atoms with E-state index in [1.807, 2.05) is 30.3 Å². The van der Waals surface area contributed by atoms with Crippen LogP contribution in [0.15, 0.2) is 228 Å². The molecule has 0 saturated carbocycles. The molecule has 0 radical (unpaired) electrons. The summed E-state index contributed by atoms with van der Waals surface area (Å²) in [5.74, 6) is 1.69. The van der Waals surface area contributed by atoms with E-state index in [0.29, 0.717) is 0 Å². The molecule has 12 aromatic rings. The summed E-state index contributed by atoms with van der Waals surface area (Å²) >= 11 is 0. The van der Waals surface area contributed by atoms with Crippen molar-refractivity contribution >= 4 is 89.6 Å². The quantitative estimate of drug-likeness (QED) is 0.118. The number of para-hydroxylation sites is 3. The largest absolute Gasteiger partial charge is 0.458 e. The summed E-state index contributed by atoms with van der Waals surface area (Å²) in [6.45, 7) is 20.1. The summed E-state index contributed by atoms with van der Waals surface area (Å²) in [4.78, 5) is 2.53. The van der Waals surface area contributed by atoms with Crippen LogP contribution >= 0.6 is 0 Å². The lowest BCUT2D eigenvalue weighted by molar-refractivity contribution is 0.488. The van der Waals surface area contributed by atoms with Gasteiger partial charge in [0.15, 0.2) is 0 Å². The summed E-state index contributed by atoms with van der Waals surface area (Å²) in [5, 5.41) is 4.37. The van der Waals surface area contributed by atoms with Crippen molar-refractivity contribution in [3.63, 3.8) is 0 Å². The Bertz CT molecular complexity index is 4320. The van der Waals surface area contributed by atoms with Gasteiger partial charge in [-0.1, -0.05) is 200 Å². The molecule has 376 valence electrons. The van der Waals surface area contributed by atoms with Crippen LogP contribution in [-0.4, -0.2) is 6.71 Å². The Labute approximate surface area is 456 Å². The van der Waals surface area contributed by atoms with Gasteiger partial charge in [-0.2, -0.15) is 0 Å². The molecule has 78 heavy (non-hydrogen) atoms. The lowest BCUT2D eigenvalue weighted by atomic mass is 9.34. The number of fused-ring (bicyclic) bond motifs is 10. The molecule has 0 spiro atoms. The summed E-state index contributed by atoms with van der Waals surface area (Å²) in [5.41, 5.74) is 23.5. The molecule has 0 bridgehead atoms. The lowest BCUT2D eigenvalue weighted by Crippen LogP contribution is -2.59. The smallest absolute Gasteiger partial charge is 0.256 e. The molecule has 0 atom stereocenters. The van der Waals surface area contributed by atoms with E-state index >= 15 is 0 Å². The van der Waals surface area contributed by atoms with Gasteiger partial charge in [-0.05, 0) is 150 Å². The van der Waals surface area contributed by atoms with Gasteiger partial charge in [-0.25, -0.2) is 0 Å². The van der Waals surface area contributed by atoms with E-state index in [1.165, 1.54) is 22.2 Å². The van der Waals surface area contributed by atoms with Crippen molar-refractivity contribution in [1.29, 1.82) is 0 Å². The van der Waals surface area contributed by atoms with Crippen molar-refractivity contribution in [3.8, 4) is 56.0 Å². The SMILES string of the molecule is C=C/C(=C\C)c1ccc2c(c1)B1c3cc(-c4cc(C(C)(C)C)cc(C(C)(C)C)c4)ccc3Oc3cc(-c4ccccc4)cc(c31)N2c1c(-c2ccc3c(c2)oc2ccccc23)cccc1-c1ccc2c(c1)oc1ccccc12. The maximum absolute atomic E-state index is 7.36. The minimum Gasteiger partial charge on any atom is -0.458 e. The maximum Gasteiger partial charge on any atom is 0.256 e. The van der Waals surface area contributed by atoms with E-state index in [4.69, 9.17) is 13.6 Å². The standard InChI is InChI=1S/C73H58BNO3/c1-9-44(10-2)46-29-33-62-60(37-46)74-61-38-47(50-35-52(72(3,4)5)43-53(36-50)73(6,7)8)30-34-66(61)78-69-42-51(45-19-12-11-13-20-45)39-63(70(69)74)75(62)71-54(48-27-31-58-56-21-14-16-25-64(56)76-67(58)40-48)23-18-24-55(71)49-28-32-59-57-22-15-17-26-65(57)77-68(59)41-49/h9-43H,1H2,2-8H3/b44-10+. The number of hydrogen-bond acceptors (Lipinski definition) is 4. The number of furan rings is 2. The monoisotopic (exact) mass is 1010 g/mol. The van der Waals surface area contributed by atoms with Gasteiger partial charge in [0, 0.05) is 44.0 Å². The Morgan fingerprint density at radius 1 is 0.449 bits per heavy atom. The first-order valence-corrected chi connectivity index (χ1v) is 27.2. The van der Waals surface area contributed by atoms with Gasteiger partial charge in [-0.3, -0.25) is 0 Å². The fourth-order valence-corrected chi connectivity index (χ4v) is 12.3. The Hall–Kier alpha value is -9.06. The summed E-state index contributed by atoms with van der Waals surface area (Å²) in [6, 6.07) is 73.1. The van der Waals surface area contributed by atoms with Crippen LogP contribution in [0.4, 0.5) is 17.1 Å². The number of ether oxygens (including phenoxy) is 1. The molecule has 0 aliphatic carbocycles. The van der Waals surface area contributed by atoms with Crippen LogP contribution in [0.5, 0.6) is 11.5 Å². The highest BCUT2D eigenvalue weighted by Crippen LogP contribution is 2.51. The van der Waals surface area contributed by atoms with Crippen LogP contribution in [0.3, 0.4) is 0 Å². The molecule has 2 aliphatic heterocycles. The molecule has 0 unspecified atom stereocenters. The zero-order valence-corrected chi connectivity index (χ0v) is 45.2. The van der Waals surface area contributed by atoms with Crippen molar-refractivity contribution in [2.75, 3.05) is 4.90 Å². The number of hydrogen-bond donors (Lipinski definition) is 0. The van der Waals surface area contributed by atoms with Crippen molar-refractivity contribution in [2.45, 2.75) is 59.3 Å². The molecule has 14 rings (SSSR count). The molecule has 10 aromatic carbocycles. The highest BCUT2D eigenvalue weighted by atomic mass is 16.5. The number of anilines is 3. The Morgan fingerprint density at radius 2 is 1.03 bits per heavy atom. The van der Waals surface area contributed by atoms with Gasteiger partial charge < -0.3 is 18.5 Å². The van der Waals surface area contributed by atoms with Crippen molar-refractivity contribution in [2.24, 2.45) is 0 Å². The molecule has 0 fully saturated rings. The summed E-state index contributed by atoms with van der Waals surface area (Å²) in [6.07, 6.45) is 4.12. The van der Waals surface area contributed by atoms with Crippen molar-refractivity contribution in [1.82, 2.24) is 0 Å². The second-order valence-electron chi connectivity index (χ2n) is 23.2. The van der Waals surface area contributed by atoms with E-state index in [2.05, 4.69) is 242 Å². The fraction of sp³-hybridized carbons (Fsp3) is 0.123. The third-order valence-corrected chi connectivity index (χ3v) is 16.4. The second-order valence-corrected chi connectivity index (χ2v) is 23.2. The Kier molecular flexibility index (Phi) is 10.8. The topological polar surface area (TPSA) is 38.8 Å². The lowest BCUT2D eigenvalue weighted by Gasteiger charge is -2.42. The summed E-state index contributed by atoms with van der Waals surface area (Å²) in [7, 11) is 0.